The third-order valence-electron chi connectivity index (χ3n) is 2.46. The van der Waals surface area contributed by atoms with Crippen molar-refractivity contribution in [2.24, 2.45) is 5.18 Å². The summed E-state index contributed by atoms with van der Waals surface area (Å²) in [6, 6.07) is 11.8. The minimum Gasteiger partial charge on any atom is -0.145 e. The van der Waals surface area contributed by atoms with E-state index in [1.54, 1.807) is 0 Å². The maximum atomic E-state index is 10.8. The fourth-order valence-corrected chi connectivity index (χ4v) is 1.69. The summed E-state index contributed by atoms with van der Waals surface area (Å²) in [6.07, 6.45) is 0.839. The average Bonchev–Trinajstić information content (AvgIpc) is 2.27. The van der Waals surface area contributed by atoms with Crippen molar-refractivity contribution in [1.29, 1.82) is 0 Å². The van der Waals surface area contributed by atoms with E-state index in [9.17, 15) is 4.91 Å². The van der Waals surface area contributed by atoms with Gasteiger partial charge in [0.15, 0.2) is 0 Å². The highest BCUT2D eigenvalue weighted by Crippen LogP contribution is 2.29. The molecule has 0 saturated carbocycles. The summed E-state index contributed by atoms with van der Waals surface area (Å²) in [5, 5.41) is 5.13. The third-order valence-corrected chi connectivity index (χ3v) is 2.46. The quantitative estimate of drug-likeness (QED) is 0.654. The topological polar surface area (TPSA) is 29.4 Å². The maximum absolute atomic E-state index is 10.8. The summed E-state index contributed by atoms with van der Waals surface area (Å²) >= 11 is 0. The van der Waals surface area contributed by atoms with Crippen molar-refractivity contribution < 1.29 is 0 Å². The first-order chi connectivity index (χ1) is 6.86. The lowest BCUT2D eigenvalue weighted by molar-refractivity contribution is 1.14. The Bertz CT molecular complexity index is 477. The molecule has 2 nitrogen and oxygen atoms in total. The molecule has 14 heavy (non-hydrogen) atoms. The highest BCUT2D eigenvalue weighted by atomic mass is 16.3. The van der Waals surface area contributed by atoms with E-state index in [2.05, 4.69) is 5.18 Å². The van der Waals surface area contributed by atoms with Crippen LogP contribution in [0.5, 0.6) is 0 Å². The number of nitrogens with zero attached hydrogens (tertiary/aromatic N) is 1. The van der Waals surface area contributed by atoms with E-state index in [0.29, 0.717) is 5.69 Å². The van der Waals surface area contributed by atoms with E-state index < -0.39 is 0 Å². The summed E-state index contributed by atoms with van der Waals surface area (Å²) in [4.78, 5) is 10.8. The second-order valence-corrected chi connectivity index (χ2v) is 3.24. The molecular weight excluding hydrogens is 174 g/mol. The standard InChI is InChI=1S/C12H11NO/c1-2-9-7-8-10-5-3-4-6-11(10)12(9)13-14/h3-8H,2H2,1H3. The Balaban J connectivity index is 2.83. The molecule has 0 radical (unpaired) electrons. The van der Waals surface area contributed by atoms with Gasteiger partial charge >= 0.3 is 0 Å². The van der Waals surface area contributed by atoms with Gasteiger partial charge in [-0.3, -0.25) is 0 Å². The molecule has 0 unspecified atom stereocenters. The number of rotatable bonds is 2. The van der Waals surface area contributed by atoms with Crippen molar-refractivity contribution in [1.82, 2.24) is 0 Å². The fourth-order valence-electron chi connectivity index (χ4n) is 1.69. The van der Waals surface area contributed by atoms with Gasteiger partial charge in [-0.05, 0) is 22.5 Å². The number of fused-ring (bicyclic) bond motifs is 1. The smallest absolute Gasteiger partial charge is 0.118 e. The van der Waals surface area contributed by atoms with Crippen LogP contribution in [0.2, 0.25) is 0 Å². The van der Waals surface area contributed by atoms with E-state index in [1.807, 2.05) is 43.3 Å². The Hall–Kier alpha value is -1.70. The summed E-state index contributed by atoms with van der Waals surface area (Å²) in [7, 11) is 0. The van der Waals surface area contributed by atoms with Crippen molar-refractivity contribution in [3.05, 3.63) is 46.9 Å². The van der Waals surface area contributed by atoms with Crippen LogP contribution in [0.1, 0.15) is 12.5 Å². The molecule has 2 aromatic carbocycles. The van der Waals surface area contributed by atoms with Gasteiger partial charge < -0.3 is 0 Å². The third kappa shape index (κ3) is 1.29. The largest absolute Gasteiger partial charge is 0.145 e. The van der Waals surface area contributed by atoms with E-state index in [-0.39, 0.29) is 0 Å². The van der Waals surface area contributed by atoms with Crippen molar-refractivity contribution in [3.8, 4) is 0 Å². The van der Waals surface area contributed by atoms with E-state index in [1.165, 1.54) is 0 Å². The minimum atomic E-state index is 0.589. The molecule has 0 aliphatic carbocycles. The Labute approximate surface area is 82.5 Å². The Morgan fingerprint density at radius 3 is 2.64 bits per heavy atom. The normalized spacial score (nSPS) is 10.4. The number of hydrogen-bond donors (Lipinski definition) is 0. The lowest BCUT2D eigenvalue weighted by Gasteiger charge is -2.04. The zero-order valence-electron chi connectivity index (χ0n) is 8.03. The van der Waals surface area contributed by atoms with Gasteiger partial charge in [-0.25, -0.2) is 0 Å². The molecule has 0 aliphatic rings. The zero-order chi connectivity index (χ0) is 9.97. The molecule has 0 saturated heterocycles. The van der Waals surface area contributed by atoms with Crippen molar-refractivity contribution in [2.45, 2.75) is 13.3 Å². The van der Waals surface area contributed by atoms with Gasteiger partial charge in [0.05, 0.1) is 0 Å². The van der Waals surface area contributed by atoms with Crippen LogP contribution in [0, 0.1) is 4.91 Å². The van der Waals surface area contributed by atoms with Crippen LogP contribution in [-0.2, 0) is 6.42 Å². The molecule has 0 heterocycles. The predicted octanol–water partition coefficient (Wildman–Crippen LogP) is 3.80. The molecule has 0 atom stereocenters. The molecular formula is C12H11NO. The first kappa shape index (κ1) is 8.88. The van der Waals surface area contributed by atoms with Gasteiger partial charge in [-0.2, -0.15) is 0 Å². The Kier molecular flexibility index (Phi) is 2.27. The molecule has 0 N–H and O–H groups in total. The summed E-state index contributed by atoms with van der Waals surface area (Å²) in [5.74, 6) is 0. The Morgan fingerprint density at radius 2 is 1.93 bits per heavy atom. The van der Waals surface area contributed by atoms with Crippen LogP contribution in [0.3, 0.4) is 0 Å². The number of hydrogen-bond acceptors (Lipinski definition) is 2. The number of nitroso groups, excluding NO2 is 1. The molecule has 0 bridgehead atoms. The van der Waals surface area contributed by atoms with Gasteiger partial charge in [0.1, 0.15) is 5.69 Å². The summed E-state index contributed by atoms with van der Waals surface area (Å²) in [6.45, 7) is 2.03. The molecule has 0 amide bonds. The van der Waals surface area contributed by atoms with Crippen molar-refractivity contribution in [2.75, 3.05) is 0 Å². The Morgan fingerprint density at radius 1 is 1.14 bits per heavy atom. The van der Waals surface area contributed by atoms with Crippen molar-refractivity contribution >= 4 is 16.5 Å². The fraction of sp³-hybridized carbons (Fsp3) is 0.167. The SMILES string of the molecule is CCc1ccc2ccccc2c1N=O. The van der Waals surface area contributed by atoms with Crippen LogP contribution in [0.15, 0.2) is 41.6 Å². The zero-order valence-corrected chi connectivity index (χ0v) is 8.03. The van der Waals surface area contributed by atoms with Gasteiger partial charge in [0.25, 0.3) is 0 Å². The molecule has 0 aliphatic heterocycles. The van der Waals surface area contributed by atoms with E-state index in [4.69, 9.17) is 0 Å². The van der Waals surface area contributed by atoms with Crippen LogP contribution in [0.4, 0.5) is 5.69 Å². The van der Waals surface area contributed by atoms with Gasteiger partial charge in [-0.15, -0.1) is 4.91 Å². The van der Waals surface area contributed by atoms with E-state index in [0.717, 1.165) is 22.8 Å². The van der Waals surface area contributed by atoms with Gasteiger partial charge in [0, 0.05) is 5.39 Å². The summed E-state index contributed by atoms with van der Waals surface area (Å²) in [5.41, 5.74) is 1.60. The first-order valence-electron chi connectivity index (χ1n) is 4.70. The highest BCUT2D eigenvalue weighted by molar-refractivity contribution is 5.93. The first-order valence-corrected chi connectivity index (χ1v) is 4.70. The van der Waals surface area contributed by atoms with Crippen molar-refractivity contribution in [3.63, 3.8) is 0 Å². The monoisotopic (exact) mass is 185 g/mol. The van der Waals surface area contributed by atoms with Gasteiger partial charge in [-0.1, -0.05) is 43.3 Å². The summed E-state index contributed by atoms with van der Waals surface area (Å²) < 4.78 is 0. The average molecular weight is 185 g/mol. The maximum Gasteiger partial charge on any atom is 0.118 e. The van der Waals surface area contributed by atoms with Crippen LogP contribution in [-0.4, -0.2) is 0 Å². The van der Waals surface area contributed by atoms with Crippen LogP contribution < -0.4 is 0 Å². The lowest BCUT2D eigenvalue weighted by atomic mass is 10.0. The second-order valence-electron chi connectivity index (χ2n) is 3.24. The molecule has 2 rings (SSSR count). The number of benzene rings is 2. The number of aryl methyl sites for hydroxylation is 1. The van der Waals surface area contributed by atoms with Crippen LogP contribution in [0.25, 0.3) is 10.8 Å². The molecule has 70 valence electrons. The second kappa shape index (κ2) is 3.58. The molecule has 0 spiro atoms. The molecule has 2 aromatic rings. The van der Waals surface area contributed by atoms with Crippen LogP contribution >= 0.6 is 0 Å². The molecule has 0 fully saturated rings. The lowest BCUT2D eigenvalue weighted by Crippen LogP contribution is -1.82. The minimum absolute atomic E-state index is 0.589. The molecule has 0 aromatic heterocycles. The molecule has 2 heteroatoms. The van der Waals surface area contributed by atoms with E-state index >= 15 is 0 Å². The van der Waals surface area contributed by atoms with Gasteiger partial charge in [0.2, 0.25) is 0 Å². The predicted molar refractivity (Wildman–Crippen MR) is 58.8 cm³/mol. The highest BCUT2D eigenvalue weighted by Gasteiger charge is 2.05.